The van der Waals surface area contributed by atoms with Crippen LogP contribution in [0.5, 0.6) is 0 Å². The van der Waals surface area contributed by atoms with Gasteiger partial charge in [0.15, 0.2) is 15.9 Å². The number of carboxylic acid groups (broad SMARTS) is 1. The minimum atomic E-state index is -3.37. The summed E-state index contributed by atoms with van der Waals surface area (Å²) >= 11 is 1.48. The molecule has 2 unspecified atom stereocenters. The van der Waals surface area contributed by atoms with Crippen LogP contribution >= 0.6 is 11.8 Å². The summed E-state index contributed by atoms with van der Waals surface area (Å²) in [5.74, 6) is -0.410. The van der Waals surface area contributed by atoms with Gasteiger partial charge in [0.25, 0.3) is 0 Å². The van der Waals surface area contributed by atoms with Gasteiger partial charge in [0.1, 0.15) is 5.37 Å². The van der Waals surface area contributed by atoms with Crippen molar-refractivity contribution in [3.8, 4) is 0 Å². The summed E-state index contributed by atoms with van der Waals surface area (Å²) in [5.41, 5.74) is 0. The molecule has 0 radical (unpaired) electrons. The number of hydrogen-bond donors (Lipinski definition) is 3. The summed E-state index contributed by atoms with van der Waals surface area (Å²) in [5, 5.41) is 19.2. The summed E-state index contributed by atoms with van der Waals surface area (Å²) in [6.07, 6.45) is -1.67. The molecule has 1 rings (SSSR count). The normalized spacial score (nSPS) is 20.9. The highest BCUT2D eigenvalue weighted by molar-refractivity contribution is 8.01. The Morgan fingerprint density at radius 3 is 2.71 bits per heavy atom. The second-order valence-corrected chi connectivity index (χ2v) is 8.15. The second kappa shape index (κ2) is 7.85. The fourth-order valence-corrected chi connectivity index (χ4v) is 4.81. The van der Waals surface area contributed by atoms with Crippen LogP contribution in [0.3, 0.4) is 0 Å². The molecule has 8 nitrogen and oxygen atoms in total. The maximum atomic E-state index is 12.0. The maximum Gasteiger partial charge on any atom is 0.332 e. The van der Waals surface area contributed by atoms with Crippen molar-refractivity contribution >= 4 is 33.6 Å². The number of carboxylic acids is 1. The van der Waals surface area contributed by atoms with Gasteiger partial charge in [-0.2, -0.15) is 11.8 Å². The van der Waals surface area contributed by atoms with E-state index in [4.69, 9.17) is 10.2 Å². The molecular formula is C11H20N2O6S2. The lowest BCUT2D eigenvalue weighted by atomic mass is 10.2. The Hall–Kier alpha value is -1.00. The third-order valence-electron chi connectivity index (χ3n) is 3.14. The lowest BCUT2D eigenvalue weighted by molar-refractivity contribution is -0.146. The quantitative estimate of drug-likeness (QED) is 0.586. The molecule has 1 saturated heterocycles. The van der Waals surface area contributed by atoms with Crippen LogP contribution in [0.25, 0.3) is 0 Å². The van der Waals surface area contributed by atoms with Crippen molar-refractivity contribution in [2.45, 2.75) is 24.8 Å². The van der Waals surface area contributed by atoms with Crippen LogP contribution in [-0.2, 0) is 14.6 Å². The van der Waals surface area contributed by atoms with Gasteiger partial charge in [0.2, 0.25) is 0 Å². The second-order valence-electron chi connectivity index (χ2n) is 4.55. The first-order valence-corrected chi connectivity index (χ1v) is 9.41. The zero-order valence-electron chi connectivity index (χ0n) is 11.7. The van der Waals surface area contributed by atoms with E-state index in [2.05, 4.69) is 5.32 Å². The maximum absolute atomic E-state index is 12.0. The van der Waals surface area contributed by atoms with E-state index in [0.29, 0.717) is 18.1 Å². The number of carbonyl (C=O) groups excluding carboxylic acids is 1. The number of carbonyl (C=O) groups is 2. The molecule has 1 aliphatic rings. The lowest BCUT2D eigenvalue weighted by Gasteiger charge is -2.34. The van der Waals surface area contributed by atoms with Crippen LogP contribution in [0, 0.1) is 0 Å². The molecule has 2 atom stereocenters. The van der Waals surface area contributed by atoms with E-state index in [1.54, 1.807) is 0 Å². The molecule has 0 aromatic rings. The first-order valence-electron chi connectivity index (χ1n) is 6.54. The molecule has 0 saturated carbocycles. The summed E-state index contributed by atoms with van der Waals surface area (Å²) < 4.78 is 24.0. The molecule has 1 heterocycles. The average molecular weight is 340 g/mol. The van der Waals surface area contributed by atoms with E-state index in [1.165, 1.54) is 23.6 Å². The number of nitrogens with zero attached hydrogens (tertiary/aromatic N) is 1. The van der Waals surface area contributed by atoms with Crippen LogP contribution in [-0.4, -0.2) is 77.4 Å². The highest BCUT2D eigenvalue weighted by Gasteiger charge is 2.35. The van der Waals surface area contributed by atoms with Crippen molar-refractivity contribution < 1.29 is 28.2 Å². The Balaban J connectivity index is 2.60. The van der Waals surface area contributed by atoms with Gasteiger partial charge in [-0.1, -0.05) is 6.92 Å². The molecule has 0 aliphatic carbocycles. The Labute approximate surface area is 127 Å². The van der Waals surface area contributed by atoms with Crippen molar-refractivity contribution in [2.24, 2.45) is 0 Å². The van der Waals surface area contributed by atoms with E-state index in [-0.39, 0.29) is 18.7 Å². The minimum Gasteiger partial charge on any atom is -0.479 e. The zero-order valence-corrected chi connectivity index (χ0v) is 13.3. The fraction of sp³-hybridized carbons (Fsp3) is 0.818. The number of aliphatic hydroxyl groups is 1. The zero-order chi connectivity index (χ0) is 16.0. The molecule has 3 N–H and O–H groups in total. The van der Waals surface area contributed by atoms with E-state index < -0.39 is 33.3 Å². The van der Waals surface area contributed by atoms with Gasteiger partial charge in [-0.05, 0) is 0 Å². The Kier molecular flexibility index (Phi) is 6.75. The van der Waals surface area contributed by atoms with Gasteiger partial charge < -0.3 is 20.4 Å². The summed E-state index contributed by atoms with van der Waals surface area (Å²) in [6.45, 7) is 1.82. The van der Waals surface area contributed by atoms with Gasteiger partial charge in [0.05, 0.1) is 0 Å². The van der Waals surface area contributed by atoms with Gasteiger partial charge in [-0.25, -0.2) is 18.0 Å². The summed E-state index contributed by atoms with van der Waals surface area (Å²) in [7, 11) is -3.37. The molecule has 0 bridgehead atoms. The Morgan fingerprint density at radius 1 is 1.48 bits per heavy atom. The summed E-state index contributed by atoms with van der Waals surface area (Å²) in [4.78, 5) is 23.7. The van der Waals surface area contributed by atoms with Crippen molar-refractivity contribution in [3.63, 3.8) is 0 Å². The van der Waals surface area contributed by atoms with Crippen molar-refractivity contribution in [1.82, 2.24) is 10.2 Å². The predicted octanol–water partition coefficient (Wildman–Crippen LogP) is -0.659. The molecule has 1 aliphatic heterocycles. The number of amides is 2. The molecule has 1 fully saturated rings. The molecule has 2 amide bonds. The SMILES string of the molecule is CCS(=O)(=O)C1CSCCN1C(=O)NCCC(O)C(=O)O. The minimum absolute atomic E-state index is 0.0329. The number of aliphatic hydroxyl groups excluding tert-OH is 1. The van der Waals surface area contributed by atoms with Crippen LogP contribution in [0.1, 0.15) is 13.3 Å². The molecule has 122 valence electrons. The first-order chi connectivity index (χ1) is 9.79. The van der Waals surface area contributed by atoms with E-state index in [1.807, 2.05) is 0 Å². The Bertz CT molecular complexity index is 481. The number of sulfone groups is 1. The molecule has 0 aromatic heterocycles. The van der Waals surface area contributed by atoms with Gasteiger partial charge in [-0.15, -0.1) is 0 Å². The lowest BCUT2D eigenvalue weighted by Crippen LogP contribution is -2.54. The van der Waals surface area contributed by atoms with Crippen molar-refractivity contribution in [3.05, 3.63) is 0 Å². The van der Waals surface area contributed by atoms with Gasteiger partial charge in [-0.3, -0.25) is 0 Å². The topological polar surface area (TPSA) is 124 Å². The average Bonchev–Trinajstić information content (AvgIpc) is 2.46. The van der Waals surface area contributed by atoms with E-state index in [0.717, 1.165) is 0 Å². The fourth-order valence-electron chi connectivity index (χ4n) is 1.84. The molecule has 21 heavy (non-hydrogen) atoms. The number of nitrogens with one attached hydrogen (secondary N) is 1. The summed E-state index contributed by atoms with van der Waals surface area (Å²) in [6, 6.07) is -0.546. The van der Waals surface area contributed by atoms with Gasteiger partial charge in [0, 0.05) is 36.8 Å². The first kappa shape index (κ1) is 18.1. The van der Waals surface area contributed by atoms with Crippen LogP contribution < -0.4 is 5.32 Å². The van der Waals surface area contributed by atoms with E-state index >= 15 is 0 Å². The standard InChI is InChI=1S/C11H20N2O6S2/c1-2-21(18,19)9-7-20-6-5-13(9)11(17)12-4-3-8(14)10(15)16/h8-9,14H,2-7H2,1H3,(H,12,17)(H,15,16). The number of rotatable bonds is 6. The third-order valence-corrected chi connectivity index (χ3v) is 6.43. The predicted molar refractivity (Wildman–Crippen MR) is 78.9 cm³/mol. The molecular weight excluding hydrogens is 320 g/mol. The highest BCUT2D eigenvalue weighted by Crippen LogP contribution is 2.21. The third kappa shape index (κ3) is 5.04. The monoisotopic (exact) mass is 340 g/mol. The molecule has 0 spiro atoms. The van der Waals surface area contributed by atoms with Gasteiger partial charge >= 0.3 is 12.0 Å². The van der Waals surface area contributed by atoms with Crippen molar-refractivity contribution in [1.29, 1.82) is 0 Å². The highest BCUT2D eigenvalue weighted by atomic mass is 32.2. The molecule has 0 aromatic carbocycles. The van der Waals surface area contributed by atoms with Crippen LogP contribution in [0.15, 0.2) is 0 Å². The number of aliphatic carboxylic acids is 1. The number of hydrogen-bond acceptors (Lipinski definition) is 6. The Morgan fingerprint density at radius 2 is 2.14 bits per heavy atom. The van der Waals surface area contributed by atoms with Crippen molar-refractivity contribution in [2.75, 3.05) is 30.3 Å². The number of urea groups is 1. The largest absolute Gasteiger partial charge is 0.479 e. The van der Waals surface area contributed by atoms with Crippen LogP contribution in [0.2, 0.25) is 0 Å². The van der Waals surface area contributed by atoms with Crippen LogP contribution in [0.4, 0.5) is 4.79 Å². The molecule has 10 heteroatoms. The van der Waals surface area contributed by atoms with E-state index in [9.17, 15) is 18.0 Å². The smallest absolute Gasteiger partial charge is 0.332 e. The number of thioether (sulfide) groups is 1.